The summed E-state index contributed by atoms with van der Waals surface area (Å²) in [5.74, 6) is 0. The molecule has 0 saturated heterocycles. The number of hydrogen-bond donors (Lipinski definition) is 0. The van der Waals surface area contributed by atoms with Crippen LogP contribution in [-0.2, 0) is 6.54 Å². The van der Waals surface area contributed by atoms with Crippen LogP contribution >= 0.6 is 11.3 Å². The number of nitrogens with zero attached hydrogens (tertiary/aromatic N) is 3. The molecule has 14 heavy (non-hydrogen) atoms. The van der Waals surface area contributed by atoms with Crippen molar-refractivity contribution in [2.24, 2.45) is 0 Å². The molecule has 3 nitrogen and oxygen atoms in total. The van der Waals surface area contributed by atoms with Crippen molar-refractivity contribution in [2.75, 3.05) is 13.1 Å². The first-order chi connectivity index (χ1) is 6.76. The maximum atomic E-state index is 8.64. The molecule has 0 aromatic carbocycles. The van der Waals surface area contributed by atoms with Crippen LogP contribution in [0.25, 0.3) is 0 Å². The van der Waals surface area contributed by atoms with E-state index in [1.165, 1.54) is 0 Å². The van der Waals surface area contributed by atoms with Crippen LogP contribution in [0.2, 0.25) is 0 Å². The summed E-state index contributed by atoms with van der Waals surface area (Å²) in [5.41, 5.74) is 1.07. The lowest BCUT2D eigenvalue weighted by molar-refractivity contribution is 0.298. The van der Waals surface area contributed by atoms with Crippen molar-refractivity contribution in [3.63, 3.8) is 0 Å². The molecule has 0 spiro atoms. The highest BCUT2D eigenvalue weighted by atomic mass is 32.1. The lowest BCUT2D eigenvalue weighted by Gasteiger charge is -2.15. The zero-order chi connectivity index (χ0) is 10.4. The molecule has 1 heterocycles. The molecule has 4 heteroatoms. The van der Waals surface area contributed by atoms with Gasteiger partial charge in [0.25, 0.3) is 0 Å². The van der Waals surface area contributed by atoms with Crippen molar-refractivity contribution < 1.29 is 0 Å². The molecule has 0 aliphatic heterocycles. The summed E-state index contributed by atoms with van der Waals surface area (Å²) in [6, 6.07) is 2.18. The molecular formula is C10H15N3S. The van der Waals surface area contributed by atoms with Crippen molar-refractivity contribution in [3.05, 3.63) is 16.1 Å². The van der Waals surface area contributed by atoms with E-state index in [2.05, 4.69) is 22.9 Å². The van der Waals surface area contributed by atoms with Crippen LogP contribution < -0.4 is 0 Å². The Balaban J connectivity index is 2.51. The smallest absolute Gasteiger partial charge is 0.107 e. The summed E-state index contributed by atoms with van der Waals surface area (Å²) in [7, 11) is 0. The van der Waals surface area contributed by atoms with E-state index in [-0.39, 0.29) is 0 Å². The zero-order valence-electron chi connectivity index (χ0n) is 8.66. The van der Waals surface area contributed by atoms with E-state index in [1.54, 1.807) is 11.3 Å². The van der Waals surface area contributed by atoms with E-state index in [0.717, 1.165) is 30.2 Å². The highest BCUT2D eigenvalue weighted by Gasteiger charge is 2.06. The van der Waals surface area contributed by atoms with Gasteiger partial charge in [-0.2, -0.15) is 5.26 Å². The van der Waals surface area contributed by atoms with Crippen LogP contribution in [0.3, 0.4) is 0 Å². The fourth-order valence-electron chi connectivity index (χ4n) is 1.30. The van der Waals surface area contributed by atoms with Gasteiger partial charge in [-0.1, -0.05) is 6.92 Å². The van der Waals surface area contributed by atoms with E-state index < -0.39 is 0 Å². The molecule has 0 N–H and O–H groups in total. The number of rotatable bonds is 5. The van der Waals surface area contributed by atoms with Gasteiger partial charge in [-0.3, -0.25) is 4.90 Å². The van der Waals surface area contributed by atoms with E-state index in [9.17, 15) is 0 Å². The summed E-state index contributed by atoms with van der Waals surface area (Å²) in [5, 5.41) is 11.8. The first-order valence-corrected chi connectivity index (χ1v) is 5.64. The van der Waals surface area contributed by atoms with Gasteiger partial charge in [0.15, 0.2) is 0 Å². The molecule has 0 bridgehead atoms. The predicted octanol–water partition coefficient (Wildman–Crippen LogP) is 2.19. The monoisotopic (exact) mass is 209 g/mol. The van der Waals surface area contributed by atoms with E-state index >= 15 is 0 Å². The molecule has 0 radical (unpaired) electrons. The molecule has 0 unspecified atom stereocenters. The molecule has 76 valence electrons. The van der Waals surface area contributed by atoms with Crippen molar-refractivity contribution >= 4 is 11.3 Å². The fraction of sp³-hybridized carbons (Fsp3) is 0.600. The molecule has 0 amide bonds. The topological polar surface area (TPSA) is 39.9 Å². The Morgan fingerprint density at radius 1 is 1.64 bits per heavy atom. The molecule has 1 rings (SSSR count). The Labute approximate surface area is 89.0 Å². The van der Waals surface area contributed by atoms with Gasteiger partial charge < -0.3 is 0 Å². The first kappa shape index (κ1) is 11.2. The van der Waals surface area contributed by atoms with Crippen molar-refractivity contribution in [1.82, 2.24) is 9.88 Å². The van der Waals surface area contributed by atoms with Gasteiger partial charge in [0.05, 0.1) is 19.2 Å². The van der Waals surface area contributed by atoms with Gasteiger partial charge in [0.2, 0.25) is 0 Å². The van der Waals surface area contributed by atoms with E-state index in [4.69, 9.17) is 5.26 Å². The average Bonchev–Trinajstić information content (AvgIpc) is 2.52. The van der Waals surface area contributed by atoms with Gasteiger partial charge in [-0.15, -0.1) is 11.3 Å². The largest absolute Gasteiger partial charge is 0.284 e. The zero-order valence-corrected chi connectivity index (χ0v) is 9.47. The highest BCUT2D eigenvalue weighted by Crippen LogP contribution is 2.11. The van der Waals surface area contributed by atoms with Crippen LogP contribution in [0.15, 0.2) is 5.38 Å². The summed E-state index contributed by atoms with van der Waals surface area (Å²) >= 11 is 1.67. The third-order valence-electron chi connectivity index (χ3n) is 1.86. The number of hydrogen-bond acceptors (Lipinski definition) is 4. The second-order valence-corrected chi connectivity index (χ2v) is 4.19. The third kappa shape index (κ3) is 3.44. The van der Waals surface area contributed by atoms with Crippen molar-refractivity contribution in [1.29, 1.82) is 5.26 Å². The number of nitriles is 1. The Bertz CT molecular complexity index is 313. The van der Waals surface area contributed by atoms with Crippen LogP contribution in [0.4, 0.5) is 0 Å². The molecule has 1 aromatic rings. The number of aromatic nitrogens is 1. The summed E-state index contributed by atoms with van der Waals surface area (Å²) in [4.78, 5) is 6.51. The lowest BCUT2D eigenvalue weighted by atomic mass is 10.4. The average molecular weight is 209 g/mol. The maximum absolute atomic E-state index is 8.64. The SMILES string of the molecule is CCCN(CC#N)Cc1nc(C)cs1. The van der Waals surface area contributed by atoms with Gasteiger partial charge in [0.1, 0.15) is 5.01 Å². The molecule has 0 aliphatic rings. The standard InChI is InChI=1S/C10H15N3S/c1-3-5-13(6-4-11)7-10-12-9(2)8-14-10/h8H,3,5-7H2,1-2H3. The summed E-state index contributed by atoms with van der Waals surface area (Å²) < 4.78 is 0. The van der Waals surface area contributed by atoms with Gasteiger partial charge in [-0.05, 0) is 19.9 Å². The molecule has 0 atom stereocenters. The second-order valence-electron chi connectivity index (χ2n) is 3.25. The maximum Gasteiger partial charge on any atom is 0.107 e. The first-order valence-electron chi connectivity index (χ1n) is 4.76. The fourth-order valence-corrected chi connectivity index (χ4v) is 2.11. The number of thiazole rings is 1. The van der Waals surface area contributed by atoms with Gasteiger partial charge >= 0.3 is 0 Å². The van der Waals surface area contributed by atoms with Gasteiger partial charge in [-0.25, -0.2) is 4.98 Å². The Hall–Kier alpha value is -0.920. The molecule has 1 aromatic heterocycles. The molecular weight excluding hydrogens is 194 g/mol. The minimum atomic E-state index is 0.493. The van der Waals surface area contributed by atoms with E-state index in [0.29, 0.717) is 6.54 Å². The lowest BCUT2D eigenvalue weighted by Crippen LogP contribution is -2.24. The van der Waals surface area contributed by atoms with Crippen molar-refractivity contribution in [3.8, 4) is 6.07 Å². The quantitative estimate of drug-likeness (QED) is 0.698. The molecule has 0 fully saturated rings. The highest BCUT2D eigenvalue weighted by molar-refractivity contribution is 7.09. The summed E-state index contributed by atoms with van der Waals surface area (Å²) in [6.45, 7) is 6.38. The minimum absolute atomic E-state index is 0.493. The molecule has 0 saturated carbocycles. The van der Waals surface area contributed by atoms with Crippen LogP contribution in [0.5, 0.6) is 0 Å². The summed E-state index contributed by atoms with van der Waals surface area (Å²) in [6.07, 6.45) is 1.08. The Morgan fingerprint density at radius 2 is 2.43 bits per heavy atom. The Morgan fingerprint density at radius 3 is 2.93 bits per heavy atom. The minimum Gasteiger partial charge on any atom is -0.284 e. The van der Waals surface area contributed by atoms with Crippen LogP contribution in [0, 0.1) is 18.3 Å². The second kappa shape index (κ2) is 5.74. The van der Waals surface area contributed by atoms with Crippen LogP contribution in [0.1, 0.15) is 24.0 Å². The van der Waals surface area contributed by atoms with Crippen molar-refractivity contribution in [2.45, 2.75) is 26.8 Å². The number of aryl methyl sites for hydroxylation is 1. The Kier molecular flexibility index (Phi) is 4.57. The normalized spacial score (nSPS) is 10.4. The van der Waals surface area contributed by atoms with E-state index in [1.807, 2.05) is 12.3 Å². The van der Waals surface area contributed by atoms with Crippen LogP contribution in [-0.4, -0.2) is 23.0 Å². The third-order valence-corrected chi connectivity index (χ3v) is 2.81. The predicted molar refractivity (Wildman–Crippen MR) is 58.0 cm³/mol. The van der Waals surface area contributed by atoms with Gasteiger partial charge in [0, 0.05) is 11.1 Å². The molecule has 0 aliphatic carbocycles.